The molecule has 0 amide bonds. The van der Waals surface area contributed by atoms with E-state index < -0.39 is 91.5 Å². The van der Waals surface area contributed by atoms with Crippen LogP contribution in [0.15, 0.2) is 122 Å². The molecule has 0 aromatic heterocycles. The van der Waals surface area contributed by atoms with Crippen molar-refractivity contribution in [2.45, 2.75) is 283 Å². The number of hydrogen-bond acceptors (Lipinski definition) is 14. The minimum absolute atomic E-state index is 0.0885. The lowest BCUT2D eigenvalue weighted by atomic mass is 10.1. The van der Waals surface area contributed by atoms with Gasteiger partial charge in [-0.05, 0) is 135 Å². The molecular weight excluding hydrogens is 1190 g/mol. The summed E-state index contributed by atoms with van der Waals surface area (Å²) in [6.07, 6.45) is 75.3. The van der Waals surface area contributed by atoms with E-state index in [4.69, 9.17) is 32.3 Å². The van der Waals surface area contributed by atoms with Gasteiger partial charge < -0.3 is 34.2 Å². The second-order valence-electron chi connectivity index (χ2n) is 22.9. The Morgan fingerprint density at radius 3 is 0.978 bits per heavy atom. The third-order valence-corrected chi connectivity index (χ3v) is 16.0. The van der Waals surface area contributed by atoms with E-state index in [-0.39, 0.29) is 19.3 Å². The molecule has 0 rings (SSSR count). The molecule has 522 valence electrons. The molecule has 0 radical (unpaired) electrons. The number of phosphoric acid groups is 2. The van der Waals surface area contributed by atoms with Gasteiger partial charge in [-0.1, -0.05) is 232 Å². The summed E-state index contributed by atoms with van der Waals surface area (Å²) in [6.45, 7) is 2.44. The Balaban J connectivity index is 4.73. The van der Waals surface area contributed by atoms with Crippen molar-refractivity contribution in [2.24, 2.45) is 0 Å². The molecule has 16 nitrogen and oxygen atoms in total. The minimum atomic E-state index is -4.94. The van der Waals surface area contributed by atoms with E-state index in [1.165, 1.54) is 57.8 Å². The maximum atomic E-state index is 12.9. The standard InChI is InChI=1S/C73H124O16P2/c1-4-7-10-13-16-19-22-25-28-30-32-33-35-37-39-41-44-47-50-53-56-59-71(76)83-62-68(74)63-85-90(79,80)86-64-69(75)65-87-91(81,82)88-67-70(89-73(78)61-58-55-52-49-46-43-38-27-24-21-18-15-12-9-6-3)66-84-72(77)60-57-54-51-48-45-42-40-36-34-31-29-26-23-20-17-14-11-8-5-2/h7,10,16-17,19-20,25-29,32-34,36-39,44,47,68-70,74-75H,4-6,8-9,11-15,18,21-24,30-31,35,40-43,45-46,48-67H2,1-3H3,(H,79,80)(H,81,82)/b10-7-,19-16-,20-17-,28-25-,29-26-,33-32-,36-34-,38-27-,39-37-,47-44-. The van der Waals surface area contributed by atoms with Crippen LogP contribution in [0.3, 0.4) is 0 Å². The van der Waals surface area contributed by atoms with Crippen LogP contribution < -0.4 is 0 Å². The number of hydrogen-bond donors (Lipinski definition) is 4. The first-order valence-corrected chi connectivity index (χ1v) is 37.8. The van der Waals surface area contributed by atoms with Gasteiger partial charge in [-0.25, -0.2) is 9.13 Å². The molecule has 0 saturated carbocycles. The highest BCUT2D eigenvalue weighted by Crippen LogP contribution is 2.45. The number of unbranched alkanes of at least 4 members (excludes halogenated alkanes) is 22. The number of phosphoric ester groups is 2. The van der Waals surface area contributed by atoms with Gasteiger partial charge in [-0.15, -0.1) is 0 Å². The van der Waals surface area contributed by atoms with Crippen LogP contribution in [0.1, 0.15) is 265 Å². The quantitative estimate of drug-likeness (QED) is 0.0146. The van der Waals surface area contributed by atoms with Crippen molar-refractivity contribution >= 4 is 33.6 Å². The summed E-state index contributed by atoms with van der Waals surface area (Å²) in [5.41, 5.74) is 0. The third-order valence-electron chi connectivity index (χ3n) is 14.1. The smallest absolute Gasteiger partial charge is 0.463 e. The third kappa shape index (κ3) is 67.2. The Hall–Kier alpha value is -4.05. The van der Waals surface area contributed by atoms with E-state index in [0.29, 0.717) is 19.3 Å². The highest BCUT2D eigenvalue weighted by Gasteiger charge is 2.29. The first kappa shape index (κ1) is 87.0. The topological polar surface area (TPSA) is 231 Å². The summed E-state index contributed by atoms with van der Waals surface area (Å²) >= 11 is 0. The van der Waals surface area contributed by atoms with Gasteiger partial charge in [0.1, 0.15) is 25.4 Å². The van der Waals surface area contributed by atoms with Crippen LogP contribution in [0.5, 0.6) is 0 Å². The van der Waals surface area contributed by atoms with Gasteiger partial charge >= 0.3 is 33.6 Å². The first-order valence-electron chi connectivity index (χ1n) is 34.8. The first-order chi connectivity index (χ1) is 44.2. The van der Waals surface area contributed by atoms with Crippen molar-refractivity contribution in [1.29, 1.82) is 0 Å². The van der Waals surface area contributed by atoms with Crippen LogP contribution in [0.4, 0.5) is 0 Å². The van der Waals surface area contributed by atoms with Gasteiger partial charge in [0.05, 0.1) is 26.4 Å². The predicted octanol–water partition coefficient (Wildman–Crippen LogP) is 19.4. The summed E-state index contributed by atoms with van der Waals surface area (Å²) in [5, 5.41) is 20.5. The average molecular weight is 1320 g/mol. The summed E-state index contributed by atoms with van der Waals surface area (Å²) in [4.78, 5) is 58.4. The van der Waals surface area contributed by atoms with E-state index in [1.807, 2.05) is 0 Å². The zero-order valence-corrected chi connectivity index (χ0v) is 58.3. The van der Waals surface area contributed by atoms with E-state index >= 15 is 0 Å². The zero-order chi connectivity index (χ0) is 66.7. The molecule has 0 saturated heterocycles. The van der Waals surface area contributed by atoms with Crippen LogP contribution in [-0.4, -0.2) is 95.9 Å². The number of aliphatic hydroxyl groups excluding tert-OH is 2. The zero-order valence-electron chi connectivity index (χ0n) is 56.5. The number of allylic oxidation sites excluding steroid dienone is 20. The van der Waals surface area contributed by atoms with Gasteiger partial charge in [0.15, 0.2) is 6.10 Å². The van der Waals surface area contributed by atoms with Crippen molar-refractivity contribution in [3.63, 3.8) is 0 Å². The Morgan fingerprint density at radius 2 is 0.582 bits per heavy atom. The summed E-state index contributed by atoms with van der Waals surface area (Å²) in [6, 6.07) is 0. The monoisotopic (exact) mass is 1320 g/mol. The molecule has 91 heavy (non-hydrogen) atoms. The van der Waals surface area contributed by atoms with Crippen LogP contribution in [-0.2, 0) is 55.8 Å². The number of carbonyl (C=O) groups excluding carboxylic acids is 3. The summed E-state index contributed by atoms with van der Waals surface area (Å²) in [5.74, 6) is -1.64. The fourth-order valence-corrected chi connectivity index (χ4v) is 10.4. The van der Waals surface area contributed by atoms with Crippen molar-refractivity contribution in [3.8, 4) is 0 Å². The molecule has 0 aliphatic rings. The number of rotatable bonds is 65. The molecule has 0 spiro atoms. The fourth-order valence-electron chi connectivity index (χ4n) is 8.81. The second kappa shape index (κ2) is 66.0. The van der Waals surface area contributed by atoms with Crippen LogP contribution in [0, 0.1) is 0 Å². The number of carbonyl (C=O) groups is 3. The molecule has 4 N–H and O–H groups in total. The van der Waals surface area contributed by atoms with Crippen molar-refractivity contribution in [2.75, 3.05) is 39.6 Å². The minimum Gasteiger partial charge on any atom is -0.463 e. The van der Waals surface area contributed by atoms with Gasteiger partial charge in [-0.3, -0.25) is 32.5 Å². The SMILES string of the molecule is CC/C=C\C/C=C\C/C=C\C/C=C\C/C=C\C/C=C\CCCCC(=O)OCC(O)COP(=O)(O)OCC(O)COP(=O)(O)OCC(COC(=O)CCCCCCCC/C=C\C/C=C\C/C=C\CCCCC)OC(=O)CCCCCCC/C=C\CCCCCCCC. The second-order valence-corrected chi connectivity index (χ2v) is 25.8. The van der Waals surface area contributed by atoms with E-state index in [9.17, 15) is 43.5 Å². The highest BCUT2D eigenvalue weighted by atomic mass is 31.2. The van der Waals surface area contributed by atoms with Gasteiger partial charge in [0, 0.05) is 19.3 Å². The van der Waals surface area contributed by atoms with Crippen LogP contribution >= 0.6 is 15.6 Å². The Kier molecular flexibility index (Phi) is 63.1. The lowest BCUT2D eigenvalue weighted by Gasteiger charge is -2.21. The van der Waals surface area contributed by atoms with E-state index in [2.05, 4.69) is 142 Å². The summed E-state index contributed by atoms with van der Waals surface area (Å²) in [7, 11) is -9.80. The molecule has 0 aromatic rings. The number of esters is 3. The Bertz CT molecular complexity index is 2140. The van der Waals surface area contributed by atoms with Gasteiger partial charge in [0.2, 0.25) is 0 Å². The summed E-state index contributed by atoms with van der Waals surface area (Å²) < 4.78 is 60.9. The van der Waals surface area contributed by atoms with Crippen LogP contribution in [0.2, 0.25) is 0 Å². The molecule has 5 atom stereocenters. The van der Waals surface area contributed by atoms with Gasteiger partial charge in [0.25, 0.3) is 0 Å². The molecule has 18 heteroatoms. The van der Waals surface area contributed by atoms with Crippen molar-refractivity contribution < 1.29 is 75.8 Å². The fraction of sp³-hybridized carbons (Fsp3) is 0.685. The Labute approximate surface area is 551 Å². The normalized spacial score (nSPS) is 14.9. The molecule has 0 fully saturated rings. The molecule has 0 aliphatic heterocycles. The van der Waals surface area contributed by atoms with Crippen molar-refractivity contribution in [1.82, 2.24) is 0 Å². The van der Waals surface area contributed by atoms with Crippen LogP contribution in [0.25, 0.3) is 0 Å². The largest absolute Gasteiger partial charge is 0.472 e. The lowest BCUT2D eigenvalue weighted by molar-refractivity contribution is -0.161. The van der Waals surface area contributed by atoms with Crippen molar-refractivity contribution in [3.05, 3.63) is 122 Å². The maximum absolute atomic E-state index is 12.9. The average Bonchev–Trinajstić information content (AvgIpc) is 3.09. The van der Waals surface area contributed by atoms with Gasteiger partial charge in [-0.2, -0.15) is 0 Å². The van der Waals surface area contributed by atoms with E-state index in [1.54, 1.807) is 0 Å². The maximum Gasteiger partial charge on any atom is 0.472 e. The molecule has 0 bridgehead atoms. The molecule has 0 heterocycles. The molecule has 0 aliphatic carbocycles. The van der Waals surface area contributed by atoms with E-state index in [0.717, 1.165) is 148 Å². The molecule has 0 aromatic carbocycles. The molecular formula is C73H124O16P2. The lowest BCUT2D eigenvalue weighted by Crippen LogP contribution is -2.30. The number of aliphatic hydroxyl groups is 2. The Morgan fingerprint density at radius 1 is 0.319 bits per heavy atom. The highest BCUT2D eigenvalue weighted by molar-refractivity contribution is 7.47. The number of ether oxygens (including phenoxy) is 3. The predicted molar refractivity (Wildman–Crippen MR) is 371 cm³/mol. The molecule has 5 unspecified atom stereocenters.